The molecule has 0 bridgehead atoms. The van der Waals surface area contributed by atoms with E-state index in [2.05, 4.69) is 31.2 Å². The number of aromatic nitrogens is 1. The van der Waals surface area contributed by atoms with Crippen LogP contribution in [-0.4, -0.2) is 28.9 Å². The predicted octanol–water partition coefficient (Wildman–Crippen LogP) is 4.48. The summed E-state index contributed by atoms with van der Waals surface area (Å²) in [6.07, 6.45) is 3.35. The van der Waals surface area contributed by atoms with Gasteiger partial charge in [0.1, 0.15) is 9.71 Å². The minimum absolute atomic E-state index is 0.0529. The third-order valence-corrected chi connectivity index (χ3v) is 5.88. The largest absolute Gasteiger partial charge is 0.397 e. The van der Waals surface area contributed by atoms with Crippen molar-refractivity contribution < 1.29 is 4.79 Å². The number of carbonyl (C=O) groups is 1. The van der Waals surface area contributed by atoms with E-state index in [0.717, 1.165) is 47.4 Å². The quantitative estimate of drug-likeness (QED) is 0.740. The molecule has 2 aromatic heterocycles. The number of piperidine rings is 1. The Morgan fingerprint density at radius 1 is 1.08 bits per heavy atom. The lowest BCUT2D eigenvalue weighted by atomic mass is 10.1. The molecule has 3 aromatic rings. The SMILES string of the molecule is Cc1ccc(-c2ccc3c(N)c(C(=O)N4CCCCC4)sc3n2)cc1. The van der Waals surface area contributed by atoms with Crippen LogP contribution >= 0.6 is 11.3 Å². The molecule has 0 saturated carbocycles. The Labute approximate surface area is 151 Å². The molecular weight excluding hydrogens is 330 g/mol. The van der Waals surface area contributed by atoms with Gasteiger partial charge in [0, 0.05) is 24.0 Å². The van der Waals surface area contributed by atoms with Gasteiger partial charge in [-0.2, -0.15) is 0 Å². The van der Waals surface area contributed by atoms with Gasteiger partial charge in [0.25, 0.3) is 5.91 Å². The highest BCUT2D eigenvalue weighted by molar-refractivity contribution is 7.21. The van der Waals surface area contributed by atoms with Crippen LogP contribution in [0.25, 0.3) is 21.5 Å². The first-order valence-corrected chi connectivity index (χ1v) is 9.50. The summed E-state index contributed by atoms with van der Waals surface area (Å²) in [7, 11) is 0. The lowest BCUT2D eigenvalue weighted by molar-refractivity contribution is 0.0730. The number of benzene rings is 1. The smallest absolute Gasteiger partial charge is 0.266 e. The number of nitrogen functional groups attached to an aromatic ring is 1. The number of nitrogens with two attached hydrogens (primary N) is 1. The van der Waals surface area contributed by atoms with E-state index in [0.29, 0.717) is 10.6 Å². The number of nitrogens with zero attached hydrogens (tertiary/aromatic N) is 2. The van der Waals surface area contributed by atoms with Crippen LogP contribution in [-0.2, 0) is 0 Å². The van der Waals surface area contributed by atoms with E-state index < -0.39 is 0 Å². The Kier molecular flexibility index (Phi) is 4.17. The summed E-state index contributed by atoms with van der Waals surface area (Å²) in [6.45, 7) is 3.72. The van der Waals surface area contributed by atoms with Gasteiger partial charge in [-0.25, -0.2) is 4.98 Å². The molecule has 25 heavy (non-hydrogen) atoms. The normalized spacial score (nSPS) is 14.8. The summed E-state index contributed by atoms with van der Waals surface area (Å²) in [5.41, 5.74) is 10.0. The predicted molar refractivity (Wildman–Crippen MR) is 104 cm³/mol. The van der Waals surface area contributed by atoms with E-state index in [1.54, 1.807) is 0 Å². The van der Waals surface area contributed by atoms with Crippen molar-refractivity contribution >= 4 is 33.1 Å². The van der Waals surface area contributed by atoms with E-state index in [1.807, 2.05) is 17.0 Å². The van der Waals surface area contributed by atoms with Gasteiger partial charge in [0.2, 0.25) is 0 Å². The second-order valence-corrected chi connectivity index (χ2v) is 7.61. The monoisotopic (exact) mass is 351 g/mol. The number of hydrogen-bond acceptors (Lipinski definition) is 4. The molecule has 1 saturated heterocycles. The Hall–Kier alpha value is -2.40. The topological polar surface area (TPSA) is 59.2 Å². The first-order valence-electron chi connectivity index (χ1n) is 8.69. The number of carbonyl (C=O) groups excluding carboxylic acids is 1. The molecule has 5 heteroatoms. The Morgan fingerprint density at radius 3 is 2.52 bits per heavy atom. The molecule has 0 atom stereocenters. The van der Waals surface area contributed by atoms with Gasteiger partial charge < -0.3 is 10.6 Å². The van der Waals surface area contributed by atoms with Crippen molar-refractivity contribution in [3.8, 4) is 11.3 Å². The molecular formula is C20H21N3OS. The van der Waals surface area contributed by atoms with Crippen LogP contribution < -0.4 is 5.73 Å². The van der Waals surface area contributed by atoms with Crippen LogP contribution in [0, 0.1) is 6.92 Å². The molecule has 128 valence electrons. The first-order chi connectivity index (χ1) is 12.1. The number of hydrogen-bond donors (Lipinski definition) is 1. The zero-order valence-electron chi connectivity index (χ0n) is 14.3. The van der Waals surface area contributed by atoms with Gasteiger partial charge in [0.05, 0.1) is 11.4 Å². The maximum absolute atomic E-state index is 12.8. The third kappa shape index (κ3) is 3.00. The highest BCUT2D eigenvalue weighted by Crippen LogP contribution is 2.35. The Bertz CT molecular complexity index is 924. The summed E-state index contributed by atoms with van der Waals surface area (Å²) in [6, 6.07) is 12.3. The zero-order valence-corrected chi connectivity index (χ0v) is 15.1. The van der Waals surface area contributed by atoms with Crippen molar-refractivity contribution in [2.75, 3.05) is 18.8 Å². The average molecular weight is 351 g/mol. The molecule has 3 heterocycles. The lowest BCUT2D eigenvalue weighted by Gasteiger charge is -2.26. The number of pyridine rings is 1. The van der Waals surface area contributed by atoms with Crippen molar-refractivity contribution in [2.45, 2.75) is 26.2 Å². The van der Waals surface area contributed by atoms with E-state index >= 15 is 0 Å². The summed E-state index contributed by atoms with van der Waals surface area (Å²) in [5.74, 6) is 0.0529. The van der Waals surface area contributed by atoms with Crippen molar-refractivity contribution in [3.05, 3.63) is 46.8 Å². The third-order valence-electron chi connectivity index (χ3n) is 4.78. The van der Waals surface area contributed by atoms with Gasteiger partial charge in [0.15, 0.2) is 0 Å². The average Bonchev–Trinajstić information content (AvgIpc) is 2.98. The maximum Gasteiger partial charge on any atom is 0.266 e. The van der Waals surface area contributed by atoms with Crippen molar-refractivity contribution in [2.24, 2.45) is 0 Å². The number of fused-ring (bicyclic) bond motifs is 1. The highest BCUT2D eigenvalue weighted by atomic mass is 32.1. The van der Waals surface area contributed by atoms with Crippen LogP contribution in [0.1, 0.15) is 34.5 Å². The molecule has 1 amide bonds. The number of thiophene rings is 1. The molecule has 0 spiro atoms. The van der Waals surface area contributed by atoms with Gasteiger partial charge >= 0.3 is 0 Å². The number of anilines is 1. The zero-order chi connectivity index (χ0) is 17.4. The van der Waals surface area contributed by atoms with Crippen LogP contribution in [0.4, 0.5) is 5.69 Å². The van der Waals surface area contributed by atoms with E-state index in [9.17, 15) is 4.79 Å². The first kappa shape index (κ1) is 16.1. The second kappa shape index (κ2) is 6.48. The maximum atomic E-state index is 12.8. The molecule has 4 nitrogen and oxygen atoms in total. The molecule has 1 aliphatic heterocycles. The highest BCUT2D eigenvalue weighted by Gasteiger charge is 2.24. The van der Waals surface area contributed by atoms with Gasteiger partial charge in [-0.3, -0.25) is 4.79 Å². The minimum Gasteiger partial charge on any atom is -0.397 e. The minimum atomic E-state index is 0.0529. The van der Waals surface area contributed by atoms with E-state index in [4.69, 9.17) is 10.7 Å². The van der Waals surface area contributed by atoms with E-state index in [-0.39, 0.29) is 5.91 Å². The molecule has 1 aromatic carbocycles. The van der Waals surface area contributed by atoms with Crippen LogP contribution in [0.15, 0.2) is 36.4 Å². The number of likely N-dealkylation sites (tertiary alicyclic amines) is 1. The fourth-order valence-corrected chi connectivity index (χ4v) is 4.34. The van der Waals surface area contributed by atoms with Crippen LogP contribution in [0.2, 0.25) is 0 Å². The second-order valence-electron chi connectivity index (χ2n) is 6.61. The Morgan fingerprint density at radius 2 is 1.80 bits per heavy atom. The standard InChI is InChI=1S/C20H21N3OS/c1-13-5-7-14(8-6-13)16-10-9-15-17(21)18(25-19(15)22-16)20(24)23-11-3-2-4-12-23/h5-10H,2-4,11-12,21H2,1H3. The van der Waals surface area contributed by atoms with Gasteiger partial charge in [-0.15, -0.1) is 11.3 Å². The lowest BCUT2D eigenvalue weighted by Crippen LogP contribution is -2.35. The molecule has 0 radical (unpaired) electrons. The van der Waals surface area contributed by atoms with Crippen molar-refractivity contribution in [1.29, 1.82) is 0 Å². The van der Waals surface area contributed by atoms with Crippen molar-refractivity contribution in [1.82, 2.24) is 9.88 Å². The summed E-state index contributed by atoms with van der Waals surface area (Å²) in [4.78, 5) is 20.9. The number of amides is 1. The molecule has 0 aliphatic carbocycles. The van der Waals surface area contributed by atoms with Crippen LogP contribution in [0.3, 0.4) is 0 Å². The fourth-order valence-electron chi connectivity index (χ4n) is 3.28. The Balaban J connectivity index is 1.71. The summed E-state index contributed by atoms with van der Waals surface area (Å²) < 4.78 is 0. The van der Waals surface area contributed by atoms with Gasteiger partial charge in [-0.05, 0) is 38.3 Å². The molecule has 1 fully saturated rings. The molecule has 2 N–H and O–H groups in total. The summed E-state index contributed by atoms with van der Waals surface area (Å²) >= 11 is 1.41. The summed E-state index contributed by atoms with van der Waals surface area (Å²) in [5, 5.41) is 0.876. The fraction of sp³-hybridized carbons (Fsp3) is 0.300. The van der Waals surface area contributed by atoms with Crippen molar-refractivity contribution in [3.63, 3.8) is 0 Å². The molecule has 4 rings (SSSR count). The van der Waals surface area contributed by atoms with E-state index in [1.165, 1.54) is 23.3 Å². The number of aryl methyl sites for hydroxylation is 1. The number of rotatable bonds is 2. The van der Waals surface area contributed by atoms with Gasteiger partial charge in [-0.1, -0.05) is 29.8 Å². The molecule has 1 aliphatic rings. The van der Waals surface area contributed by atoms with Crippen LogP contribution in [0.5, 0.6) is 0 Å². The molecule has 0 unspecified atom stereocenters.